The van der Waals surface area contributed by atoms with Crippen LogP contribution in [-0.4, -0.2) is 41.5 Å². The summed E-state index contributed by atoms with van der Waals surface area (Å²) in [5.74, 6) is -0.970. The first kappa shape index (κ1) is 25.1. The molecule has 1 atom stereocenters. The molecule has 1 saturated heterocycles. The van der Waals surface area contributed by atoms with Gasteiger partial charge in [0.25, 0.3) is 5.91 Å². The van der Waals surface area contributed by atoms with Gasteiger partial charge in [0.2, 0.25) is 5.91 Å². The number of carbonyl (C=O) groups excluding carboxylic acids is 2. The van der Waals surface area contributed by atoms with E-state index in [1.165, 1.54) is 24.1 Å². The van der Waals surface area contributed by atoms with Crippen LogP contribution in [0.5, 0.6) is 0 Å². The highest BCUT2D eigenvalue weighted by Crippen LogP contribution is 2.22. The minimum atomic E-state index is -0.718. The lowest BCUT2D eigenvalue weighted by molar-refractivity contribution is -0.118. The second-order valence-corrected chi connectivity index (χ2v) is 10.2. The molecule has 2 aromatic rings. The Morgan fingerprint density at radius 1 is 1.15 bits per heavy atom. The van der Waals surface area contributed by atoms with E-state index in [4.69, 9.17) is 0 Å². The van der Waals surface area contributed by atoms with Crippen LogP contribution in [0.3, 0.4) is 0 Å². The SMILES string of the molecule is CC(C)(C)NSc1ccc(NC(=O)C(CC2CCNCC2)NC(=O)c2ccc(F)cn2)cc1. The lowest BCUT2D eigenvalue weighted by Gasteiger charge is -2.27. The molecule has 1 aromatic carbocycles. The molecule has 0 radical (unpaired) electrons. The third-order valence-electron chi connectivity index (χ3n) is 5.21. The van der Waals surface area contributed by atoms with E-state index >= 15 is 0 Å². The molecule has 2 heterocycles. The molecule has 1 fully saturated rings. The van der Waals surface area contributed by atoms with Gasteiger partial charge in [-0.05, 0) is 107 Å². The number of nitrogens with one attached hydrogen (secondary N) is 4. The van der Waals surface area contributed by atoms with Crippen molar-refractivity contribution in [3.63, 3.8) is 0 Å². The number of nitrogens with zero attached hydrogens (tertiary/aromatic N) is 1. The van der Waals surface area contributed by atoms with E-state index in [1.54, 1.807) is 0 Å². The van der Waals surface area contributed by atoms with Gasteiger partial charge in [0.1, 0.15) is 17.6 Å². The summed E-state index contributed by atoms with van der Waals surface area (Å²) >= 11 is 1.53. The second-order valence-electron chi connectivity index (χ2n) is 9.28. The molecule has 0 saturated carbocycles. The lowest BCUT2D eigenvalue weighted by Crippen LogP contribution is -2.46. The molecular formula is C24H32FN5O2S. The van der Waals surface area contributed by atoms with E-state index < -0.39 is 17.8 Å². The van der Waals surface area contributed by atoms with Crippen molar-refractivity contribution in [2.75, 3.05) is 18.4 Å². The van der Waals surface area contributed by atoms with Crippen LogP contribution in [0.4, 0.5) is 10.1 Å². The van der Waals surface area contributed by atoms with E-state index in [0.29, 0.717) is 18.0 Å². The summed E-state index contributed by atoms with van der Waals surface area (Å²) in [6.45, 7) is 8.06. The fraction of sp³-hybridized carbons (Fsp3) is 0.458. The van der Waals surface area contributed by atoms with Crippen LogP contribution in [0, 0.1) is 11.7 Å². The van der Waals surface area contributed by atoms with Crippen molar-refractivity contribution >= 4 is 29.4 Å². The Hall–Kier alpha value is -2.49. The Morgan fingerprint density at radius 2 is 1.85 bits per heavy atom. The van der Waals surface area contributed by atoms with Gasteiger partial charge in [-0.2, -0.15) is 0 Å². The van der Waals surface area contributed by atoms with Crippen LogP contribution in [0.1, 0.15) is 50.5 Å². The second kappa shape index (κ2) is 11.6. The summed E-state index contributed by atoms with van der Waals surface area (Å²) in [6, 6.07) is 9.32. The monoisotopic (exact) mass is 473 g/mol. The maximum atomic E-state index is 13.2. The molecule has 0 spiro atoms. The number of amides is 2. The number of piperidine rings is 1. The summed E-state index contributed by atoms with van der Waals surface area (Å²) in [4.78, 5) is 30.6. The van der Waals surface area contributed by atoms with Gasteiger partial charge in [-0.1, -0.05) is 0 Å². The molecule has 1 aliphatic rings. The van der Waals surface area contributed by atoms with Crippen LogP contribution in [0.15, 0.2) is 47.5 Å². The molecule has 1 aliphatic heterocycles. The first-order chi connectivity index (χ1) is 15.7. The van der Waals surface area contributed by atoms with Crippen molar-refractivity contribution in [2.45, 2.75) is 56.5 Å². The fourth-order valence-electron chi connectivity index (χ4n) is 3.47. The quantitative estimate of drug-likeness (QED) is 0.437. The first-order valence-corrected chi connectivity index (χ1v) is 12.0. The standard InChI is InChI=1S/C24H32FN5O2S/c1-24(2,3)30-33-19-7-5-18(6-8-19)28-23(32)21(14-16-10-12-26-13-11-16)29-22(31)20-9-4-17(25)15-27-20/h4-9,15-16,21,26,30H,10-14H2,1-3H3,(H,28,32)(H,29,31). The molecule has 1 unspecified atom stereocenters. The van der Waals surface area contributed by atoms with Crippen LogP contribution in [-0.2, 0) is 4.79 Å². The van der Waals surface area contributed by atoms with E-state index in [1.807, 2.05) is 24.3 Å². The molecule has 0 bridgehead atoms. The number of rotatable bonds is 8. The number of anilines is 1. The van der Waals surface area contributed by atoms with Crippen molar-refractivity contribution in [2.24, 2.45) is 5.92 Å². The van der Waals surface area contributed by atoms with Crippen molar-refractivity contribution < 1.29 is 14.0 Å². The van der Waals surface area contributed by atoms with Crippen molar-refractivity contribution in [3.05, 3.63) is 54.1 Å². The van der Waals surface area contributed by atoms with Gasteiger partial charge in [-0.3, -0.25) is 14.3 Å². The number of carbonyl (C=O) groups is 2. The molecule has 2 amide bonds. The maximum absolute atomic E-state index is 13.2. The molecular weight excluding hydrogens is 441 g/mol. The Kier molecular flexibility index (Phi) is 8.82. The Balaban J connectivity index is 1.66. The lowest BCUT2D eigenvalue weighted by atomic mass is 9.90. The van der Waals surface area contributed by atoms with Crippen molar-refractivity contribution in [1.82, 2.24) is 20.3 Å². The Bertz CT molecular complexity index is 925. The number of aromatic nitrogens is 1. The fourth-order valence-corrected chi connectivity index (χ4v) is 4.17. The van der Waals surface area contributed by atoms with Gasteiger partial charge in [0.05, 0.1) is 6.20 Å². The molecule has 1 aromatic heterocycles. The summed E-state index contributed by atoms with van der Waals surface area (Å²) < 4.78 is 16.5. The van der Waals surface area contributed by atoms with Gasteiger partial charge < -0.3 is 16.0 Å². The van der Waals surface area contributed by atoms with Gasteiger partial charge in [-0.25, -0.2) is 9.37 Å². The highest BCUT2D eigenvalue weighted by atomic mass is 32.2. The summed E-state index contributed by atoms with van der Waals surface area (Å²) in [6.07, 6.45) is 3.41. The minimum Gasteiger partial charge on any atom is -0.339 e. The van der Waals surface area contributed by atoms with E-state index in [0.717, 1.165) is 37.0 Å². The molecule has 178 valence electrons. The van der Waals surface area contributed by atoms with Crippen LogP contribution in [0.25, 0.3) is 0 Å². The molecule has 0 aliphatic carbocycles. The average Bonchev–Trinajstić information content (AvgIpc) is 2.78. The largest absolute Gasteiger partial charge is 0.339 e. The predicted molar refractivity (Wildman–Crippen MR) is 129 cm³/mol. The number of halogens is 1. The minimum absolute atomic E-state index is 0.0169. The number of benzene rings is 1. The molecule has 7 nitrogen and oxygen atoms in total. The van der Waals surface area contributed by atoms with E-state index in [-0.39, 0.29) is 17.1 Å². The maximum Gasteiger partial charge on any atom is 0.270 e. The topological polar surface area (TPSA) is 95.1 Å². The van der Waals surface area contributed by atoms with Gasteiger partial charge >= 0.3 is 0 Å². The van der Waals surface area contributed by atoms with Gasteiger partial charge in [0.15, 0.2) is 0 Å². The highest BCUT2D eigenvalue weighted by molar-refractivity contribution is 7.97. The molecule has 9 heteroatoms. The van der Waals surface area contributed by atoms with Crippen LogP contribution < -0.4 is 20.7 Å². The van der Waals surface area contributed by atoms with E-state index in [2.05, 4.69) is 46.4 Å². The zero-order chi connectivity index (χ0) is 23.8. The zero-order valence-electron chi connectivity index (χ0n) is 19.3. The number of hydrogen-bond donors (Lipinski definition) is 4. The molecule has 3 rings (SSSR count). The van der Waals surface area contributed by atoms with Gasteiger partial charge in [-0.15, -0.1) is 0 Å². The van der Waals surface area contributed by atoms with Gasteiger partial charge in [0, 0.05) is 16.1 Å². The smallest absolute Gasteiger partial charge is 0.270 e. The summed E-state index contributed by atoms with van der Waals surface area (Å²) in [5.41, 5.74) is 0.716. The number of pyridine rings is 1. The van der Waals surface area contributed by atoms with Crippen molar-refractivity contribution in [3.8, 4) is 0 Å². The van der Waals surface area contributed by atoms with E-state index in [9.17, 15) is 14.0 Å². The highest BCUT2D eigenvalue weighted by Gasteiger charge is 2.27. The predicted octanol–water partition coefficient (Wildman–Crippen LogP) is 3.74. The first-order valence-electron chi connectivity index (χ1n) is 11.2. The Labute approximate surface area is 198 Å². The Morgan fingerprint density at radius 3 is 2.45 bits per heavy atom. The summed E-state index contributed by atoms with van der Waals surface area (Å²) in [5, 5.41) is 9.03. The number of hydrogen-bond acceptors (Lipinski definition) is 6. The average molecular weight is 474 g/mol. The normalized spacial score (nSPS) is 15.6. The third kappa shape index (κ3) is 8.42. The summed E-state index contributed by atoms with van der Waals surface area (Å²) in [7, 11) is 0. The molecule has 4 N–H and O–H groups in total. The van der Waals surface area contributed by atoms with Crippen LogP contribution >= 0.6 is 11.9 Å². The third-order valence-corrected chi connectivity index (χ3v) is 6.43. The molecule has 33 heavy (non-hydrogen) atoms. The van der Waals surface area contributed by atoms with Crippen molar-refractivity contribution in [1.29, 1.82) is 0 Å². The zero-order valence-corrected chi connectivity index (χ0v) is 20.1. The van der Waals surface area contributed by atoms with Crippen LogP contribution in [0.2, 0.25) is 0 Å².